The van der Waals surface area contributed by atoms with Crippen molar-refractivity contribution in [1.29, 1.82) is 0 Å². The predicted octanol–water partition coefficient (Wildman–Crippen LogP) is 1.79. The van der Waals surface area contributed by atoms with Crippen LogP contribution in [0, 0.1) is 0 Å². The molecule has 0 unspecified atom stereocenters. The molecule has 0 saturated carbocycles. The largest absolute Gasteiger partial charge is 0.462 e. The molecular formula is C9H11BrN2O2. The van der Waals surface area contributed by atoms with Gasteiger partial charge < -0.3 is 16.2 Å². The van der Waals surface area contributed by atoms with Crippen molar-refractivity contribution >= 4 is 33.3 Å². The van der Waals surface area contributed by atoms with E-state index in [4.69, 9.17) is 16.2 Å². The van der Waals surface area contributed by atoms with Gasteiger partial charge in [-0.2, -0.15) is 0 Å². The molecule has 0 aliphatic heterocycles. The maximum atomic E-state index is 11.4. The lowest BCUT2D eigenvalue weighted by atomic mass is 10.1. The van der Waals surface area contributed by atoms with Gasteiger partial charge in [0.1, 0.15) is 5.56 Å². The van der Waals surface area contributed by atoms with Gasteiger partial charge in [-0.25, -0.2) is 4.79 Å². The fourth-order valence-corrected chi connectivity index (χ4v) is 1.58. The van der Waals surface area contributed by atoms with Crippen LogP contribution in [0.2, 0.25) is 0 Å². The Hall–Kier alpha value is -1.23. The summed E-state index contributed by atoms with van der Waals surface area (Å²) >= 11 is 3.22. The van der Waals surface area contributed by atoms with Crippen molar-refractivity contribution in [2.75, 3.05) is 18.1 Å². The molecule has 5 heteroatoms. The van der Waals surface area contributed by atoms with E-state index in [1.54, 1.807) is 19.1 Å². The number of carbonyl (C=O) groups is 1. The third-order valence-electron chi connectivity index (χ3n) is 1.64. The van der Waals surface area contributed by atoms with Gasteiger partial charge in [0.25, 0.3) is 0 Å². The zero-order valence-electron chi connectivity index (χ0n) is 7.71. The molecular weight excluding hydrogens is 248 g/mol. The number of ether oxygens (including phenoxy) is 1. The maximum Gasteiger partial charge on any atom is 0.342 e. The highest BCUT2D eigenvalue weighted by Gasteiger charge is 2.15. The van der Waals surface area contributed by atoms with Crippen molar-refractivity contribution in [3.63, 3.8) is 0 Å². The maximum absolute atomic E-state index is 11.4. The summed E-state index contributed by atoms with van der Waals surface area (Å²) in [6.45, 7) is 2.02. The Morgan fingerprint density at radius 3 is 2.36 bits per heavy atom. The van der Waals surface area contributed by atoms with E-state index in [2.05, 4.69) is 15.9 Å². The molecule has 4 nitrogen and oxygen atoms in total. The molecule has 0 heterocycles. The van der Waals surface area contributed by atoms with E-state index in [0.29, 0.717) is 18.0 Å². The van der Waals surface area contributed by atoms with Crippen LogP contribution in [0.15, 0.2) is 16.6 Å². The van der Waals surface area contributed by atoms with Crippen molar-refractivity contribution in [3.8, 4) is 0 Å². The normalized spacial score (nSPS) is 9.86. The number of esters is 1. The summed E-state index contributed by atoms with van der Waals surface area (Å²) < 4.78 is 5.55. The van der Waals surface area contributed by atoms with E-state index in [9.17, 15) is 4.79 Å². The Bertz CT molecular complexity index is 343. The van der Waals surface area contributed by atoms with Crippen molar-refractivity contribution < 1.29 is 9.53 Å². The van der Waals surface area contributed by atoms with Crippen molar-refractivity contribution in [2.24, 2.45) is 0 Å². The Morgan fingerprint density at radius 2 is 1.93 bits per heavy atom. The molecule has 0 atom stereocenters. The van der Waals surface area contributed by atoms with Gasteiger partial charge in [0, 0.05) is 15.8 Å². The number of nitrogen functional groups attached to an aromatic ring is 2. The first kappa shape index (κ1) is 10.8. The number of halogens is 1. The van der Waals surface area contributed by atoms with Crippen LogP contribution in [-0.4, -0.2) is 12.6 Å². The zero-order valence-corrected chi connectivity index (χ0v) is 9.30. The molecule has 1 aromatic carbocycles. The highest BCUT2D eigenvalue weighted by atomic mass is 79.9. The first-order valence-electron chi connectivity index (χ1n) is 4.08. The standard InChI is InChI=1S/C9H11BrN2O2/c1-2-14-9(13)8-6(11)3-5(10)4-7(8)12/h3-4H,2,11-12H2,1H3. The van der Waals surface area contributed by atoms with E-state index < -0.39 is 5.97 Å². The second-order valence-electron chi connectivity index (χ2n) is 2.68. The van der Waals surface area contributed by atoms with Crippen LogP contribution in [0.25, 0.3) is 0 Å². The summed E-state index contributed by atoms with van der Waals surface area (Å²) in [6, 6.07) is 3.23. The number of hydrogen-bond donors (Lipinski definition) is 2. The lowest BCUT2D eigenvalue weighted by molar-refractivity contribution is 0.0529. The number of anilines is 2. The topological polar surface area (TPSA) is 78.3 Å². The fraction of sp³-hybridized carbons (Fsp3) is 0.222. The molecule has 0 saturated heterocycles. The zero-order chi connectivity index (χ0) is 10.7. The molecule has 0 aliphatic rings. The van der Waals surface area contributed by atoms with Crippen LogP contribution in [0.4, 0.5) is 11.4 Å². The highest BCUT2D eigenvalue weighted by molar-refractivity contribution is 9.10. The third kappa shape index (κ3) is 2.17. The van der Waals surface area contributed by atoms with Gasteiger partial charge in [0.05, 0.1) is 6.61 Å². The van der Waals surface area contributed by atoms with E-state index in [-0.39, 0.29) is 5.56 Å². The minimum absolute atomic E-state index is 0.232. The number of rotatable bonds is 2. The Balaban J connectivity index is 3.14. The van der Waals surface area contributed by atoms with Gasteiger partial charge in [-0.15, -0.1) is 0 Å². The lowest BCUT2D eigenvalue weighted by Crippen LogP contribution is -2.11. The summed E-state index contributed by atoms with van der Waals surface area (Å²) in [6.07, 6.45) is 0. The molecule has 4 N–H and O–H groups in total. The number of nitrogens with two attached hydrogens (primary N) is 2. The smallest absolute Gasteiger partial charge is 0.342 e. The molecule has 1 aromatic rings. The first-order chi connectivity index (χ1) is 6.56. The van der Waals surface area contributed by atoms with Crippen LogP contribution in [0.1, 0.15) is 17.3 Å². The predicted molar refractivity (Wildman–Crippen MR) is 58.9 cm³/mol. The van der Waals surface area contributed by atoms with E-state index in [0.717, 1.165) is 4.47 Å². The number of carbonyl (C=O) groups excluding carboxylic acids is 1. The van der Waals surface area contributed by atoms with Crippen LogP contribution in [0.5, 0.6) is 0 Å². The average molecular weight is 259 g/mol. The van der Waals surface area contributed by atoms with E-state index in [1.807, 2.05) is 0 Å². The number of benzene rings is 1. The van der Waals surface area contributed by atoms with E-state index >= 15 is 0 Å². The molecule has 14 heavy (non-hydrogen) atoms. The summed E-state index contributed by atoms with van der Waals surface area (Å²) in [5.74, 6) is -0.491. The number of hydrogen-bond acceptors (Lipinski definition) is 4. The van der Waals surface area contributed by atoms with Crippen molar-refractivity contribution in [3.05, 3.63) is 22.2 Å². The van der Waals surface area contributed by atoms with Crippen molar-refractivity contribution in [1.82, 2.24) is 0 Å². The molecule has 1 rings (SSSR count). The van der Waals surface area contributed by atoms with Crippen LogP contribution in [0.3, 0.4) is 0 Å². The van der Waals surface area contributed by atoms with Gasteiger partial charge in [-0.3, -0.25) is 0 Å². The Kier molecular flexibility index (Phi) is 3.35. The van der Waals surface area contributed by atoms with Crippen molar-refractivity contribution in [2.45, 2.75) is 6.92 Å². The highest BCUT2D eigenvalue weighted by Crippen LogP contribution is 2.25. The minimum Gasteiger partial charge on any atom is -0.462 e. The Morgan fingerprint density at radius 1 is 1.43 bits per heavy atom. The third-order valence-corrected chi connectivity index (χ3v) is 2.10. The van der Waals surface area contributed by atoms with Gasteiger partial charge in [-0.1, -0.05) is 15.9 Å². The van der Waals surface area contributed by atoms with Gasteiger partial charge in [-0.05, 0) is 19.1 Å². The van der Waals surface area contributed by atoms with E-state index in [1.165, 1.54) is 0 Å². The minimum atomic E-state index is -0.491. The molecule has 0 aliphatic carbocycles. The average Bonchev–Trinajstić information content (AvgIpc) is 2.01. The second kappa shape index (κ2) is 4.32. The molecule has 0 radical (unpaired) electrons. The van der Waals surface area contributed by atoms with Crippen LogP contribution < -0.4 is 11.5 Å². The van der Waals surface area contributed by atoms with Crippen LogP contribution in [-0.2, 0) is 4.74 Å². The summed E-state index contributed by atoms with van der Waals surface area (Å²) in [4.78, 5) is 11.4. The summed E-state index contributed by atoms with van der Waals surface area (Å²) in [5.41, 5.74) is 12.1. The lowest BCUT2D eigenvalue weighted by Gasteiger charge is -2.08. The Labute approximate surface area is 90.3 Å². The quantitative estimate of drug-likeness (QED) is 0.627. The molecule has 0 fully saturated rings. The second-order valence-corrected chi connectivity index (χ2v) is 3.60. The summed E-state index contributed by atoms with van der Waals surface area (Å²) in [5, 5.41) is 0. The SMILES string of the molecule is CCOC(=O)c1c(N)cc(Br)cc1N. The summed E-state index contributed by atoms with van der Waals surface area (Å²) in [7, 11) is 0. The van der Waals surface area contributed by atoms with Gasteiger partial charge >= 0.3 is 5.97 Å². The molecule has 0 bridgehead atoms. The monoisotopic (exact) mass is 258 g/mol. The van der Waals surface area contributed by atoms with Crippen LogP contribution >= 0.6 is 15.9 Å². The molecule has 0 aromatic heterocycles. The molecule has 0 spiro atoms. The molecule has 76 valence electrons. The van der Waals surface area contributed by atoms with Gasteiger partial charge in [0.2, 0.25) is 0 Å². The fourth-order valence-electron chi connectivity index (χ4n) is 1.09. The van der Waals surface area contributed by atoms with Gasteiger partial charge in [0.15, 0.2) is 0 Å². The molecule has 0 amide bonds. The first-order valence-corrected chi connectivity index (χ1v) is 4.87.